The van der Waals surface area contributed by atoms with E-state index in [1.54, 1.807) is 0 Å². The van der Waals surface area contributed by atoms with Gasteiger partial charge in [-0.05, 0) is 58.2 Å². The minimum absolute atomic E-state index is 0.0978. The van der Waals surface area contributed by atoms with E-state index >= 15 is 0 Å². The highest BCUT2D eigenvalue weighted by molar-refractivity contribution is 4.82. The summed E-state index contributed by atoms with van der Waals surface area (Å²) in [5, 5.41) is 3.40. The van der Waals surface area contributed by atoms with Crippen LogP contribution in [-0.4, -0.2) is 43.5 Å². The molecule has 2 fully saturated rings. The van der Waals surface area contributed by atoms with Gasteiger partial charge in [0.1, 0.15) is 0 Å². The number of nitrogens with one attached hydrogen (secondary N) is 1. The van der Waals surface area contributed by atoms with Crippen molar-refractivity contribution in [2.24, 2.45) is 5.92 Å². The predicted molar refractivity (Wildman–Crippen MR) is 70.0 cm³/mol. The molecule has 1 aliphatic heterocycles. The number of rotatable bonds is 3. The number of hydrogen-bond donors (Lipinski definition) is 1. The summed E-state index contributed by atoms with van der Waals surface area (Å²) in [5.41, 5.74) is 0. The Bertz CT molecular complexity index is 250. The number of hydrogen-bond acceptors (Lipinski definition) is 2. The first kappa shape index (κ1) is 14.2. The molecule has 1 aliphatic carbocycles. The smallest absolute Gasteiger partial charge is 0.248 e. The van der Waals surface area contributed by atoms with Crippen LogP contribution in [0.3, 0.4) is 0 Å². The van der Waals surface area contributed by atoms with Gasteiger partial charge in [-0.1, -0.05) is 0 Å². The fraction of sp³-hybridized carbons (Fsp3) is 1.00. The summed E-state index contributed by atoms with van der Waals surface area (Å²) < 4.78 is 26.8. The molecule has 4 heteroatoms. The minimum Gasteiger partial charge on any atom is -0.317 e. The van der Waals surface area contributed by atoms with Crippen LogP contribution in [0.25, 0.3) is 0 Å². The van der Waals surface area contributed by atoms with E-state index in [2.05, 4.69) is 17.3 Å². The van der Waals surface area contributed by atoms with Crippen LogP contribution in [0, 0.1) is 5.92 Å². The molecule has 0 aromatic heterocycles. The molecule has 2 rings (SSSR count). The van der Waals surface area contributed by atoms with Crippen LogP contribution in [0.15, 0.2) is 0 Å². The Morgan fingerprint density at radius 3 is 2.78 bits per heavy atom. The van der Waals surface area contributed by atoms with Gasteiger partial charge in [0.15, 0.2) is 0 Å². The van der Waals surface area contributed by atoms with Crippen molar-refractivity contribution in [2.45, 2.75) is 56.9 Å². The third kappa shape index (κ3) is 4.16. The lowest BCUT2D eigenvalue weighted by Gasteiger charge is -2.34. The maximum absolute atomic E-state index is 13.4. The average Bonchev–Trinajstić information content (AvgIpc) is 2.55. The van der Waals surface area contributed by atoms with Gasteiger partial charge in [0.25, 0.3) is 0 Å². The predicted octanol–water partition coefficient (Wildman–Crippen LogP) is 2.89. The van der Waals surface area contributed by atoms with Crippen molar-refractivity contribution in [3.05, 3.63) is 0 Å². The molecule has 1 saturated carbocycles. The lowest BCUT2D eigenvalue weighted by atomic mass is 9.86. The lowest BCUT2D eigenvalue weighted by Crippen LogP contribution is -2.39. The Hall–Kier alpha value is -0.220. The largest absolute Gasteiger partial charge is 0.317 e. The van der Waals surface area contributed by atoms with E-state index in [0.717, 1.165) is 32.5 Å². The molecule has 1 saturated heterocycles. The summed E-state index contributed by atoms with van der Waals surface area (Å²) in [6.45, 7) is 3.02. The van der Waals surface area contributed by atoms with Crippen molar-refractivity contribution >= 4 is 0 Å². The van der Waals surface area contributed by atoms with E-state index in [1.165, 1.54) is 12.8 Å². The van der Waals surface area contributed by atoms with Crippen molar-refractivity contribution in [3.8, 4) is 0 Å². The normalized spacial score (nSPS) is 33.3. The third-order valence-corrected chi connectivity index (χ3v) is 4.46. The van der Waals surface area contributed by atoms with Crippen molar-refractivity contribution in [1.29, 1.82) is 0 Å². The molecule has 2 nitrogen and oxygen atoms in total. The van der Waals surface area contributed by atoms with E-state index in [1.807, 2.05) is 0 Å². The van der Waals surface area contributed by atoms with Crippen molar-refractivity contribution in [2.75, 3.05) is 26.7 Å². The second-order valence-electron chi connectivity index (χ2n) is 6.09. The first-order chi connectivity index (χ1) is 8.57. The summed E-state index contributed by atoms with van der Waals surface area (Å²) >= 11 is 0. The lowest BCUT2D eigenvalue weighted by molar-refractivity contribution is -0.0575. The van der Waals surface area contributed by atoms with Crippen LogP contribution < -0.4 is 5.32 Å². The molecule has 0 amide bonds. The van der Waals surface area contributed by atoms with Crippen LogP contribution in [0.4, 0.5) is 8.78 Å². The molecular weight excluding hydrogens is 234 g/mol. The summed E-state index contributed by atoms with van der Waals surface area (Å²) in [7, 11) is 2.11. The molecular formula is C14H26F2N2. The molecule has 0 bridgehead atoms. The van der Waals surface area contributed by atoms with Gasteiger partial charge in [-0.25, -0.2) is 8.78 Å². The zero-order chi connectivity index (χ0) is 13.0. The van der Waals surface area contributed by atoms with Gasteiger partial charge in [-0.2, -0.15) is 0 Å². The quantitative estimate of drug-likeness (QED) is 0.839. The highest BCUT2D eigenvalue weighted by Crippen LogP contribution is 2.37. The SMILES string of the molecule is CN(CC1CCCC(F)(F)C1)C1CCCNCC1. The maximum atomic E-state index is 13.4. The van der Waals surface area contributed by atoms with E-state index in [0.29, 0.717) is 12.5 Å². The van der Waals surface area contributed by atoms with Gasteiger partial charge in [-0.3, -0.25) is 0 Å². The Labute approximate surface area is 109 Å². The van der Waals surface area contributed by atoms with E-state index in [9.17, 15) is 8.78 Å². The van der Waals surface area contributed by atoms with Crippen LogP contribution >= 0.6 is 0 Å². The summed E-state index contributed by atoms with van der Waals surface area (Å²) in [4.78, 5) is 2.33. The first-order valence-electron chi connectivity index (χ1n) is 7.36. The maximum Gasteiger partial charge on any atom is 0.248 e. The first-order valence-corrected chi connectivity index (χ1v) is 7.36. The fourth-order valence-electron chi connectivity index (χ4n) is 3.43. The van der Waals surface area contributed by atoms with Gasteiger partial charge in [0, 0.05) is 25.4 Å². The molecule has 2 aliphatic rings. The van der Waals surface area contributed by atoms with E-state index < -0.39 is 5.92 Å². The molecule has 106 valence electrons. The summed E-state index contributed by atoms with van der Waals surface area (Å²) in [5.74, 6) is -2.22. The van der Waals surface area contributed by atoms with Gasteiger partial charge >= 0.3 is 0 Å². The fourth-order valence-corrected chi connectivity index (χ4v) is 3.43. The minimum atomic E-state index is -2.41. The molecule has 18 heavy (non-hydrogen) atoms. The molecule has 0 aromatic carbocycles. The van der Waals surface area contributed by atoms with Crippen LogP contribution in [0.5, 0.6) is 0 Å². The topological polar surface area (TPSA) is 15.3 Å². The highest BCUT2D eigenvalue weighted by Gasteiger charge is 2.36. The average molecular weight is 260 g/mol. The van der Waals surface area contributed by atoms with Crippen molar-refractivity contribution < 1.29 is 8.78 Å². The summed E-state index contributed by atoms with van der Waals surface area (Å²) in [6.07, 6.45) is 5.42. The molecule has 0 spiro atoms. The molecule has 0 aromatic rings. The second kappa shape index (κ2) is 6.29. The standard InChI is InChI=1S/C14H26F2N2/c1-18(13-5-3-8-17-9-6-13)11-12-4-2-7-14(15,16)10-12/h12-13,17H,2-11H2,1H3. The van der Waals surface area contributed by atoms with Gasteiger partial charge < -0.3 is 10.2 Å². The van der Waals surface area contributed by atoms with Gasteiger partial charge in [0.2, 0.25) is 5.92 Å². The van der Waals surface area contributed by atoms with E-state index in [-0.39, 0.29) is 18.8 Å². The Morgan fingerprint density at radius 2 is 2.00 bits per heavy atom. The molecule has 2 unspecified atom stereocenters. The molecule has 2 atom stereocenters. The zero-order valence-corrected chi connectivity index (χ0v) is 11.4. The van der Waals surface area contributed by atoms with Gasteiger partial charge in [0.05, 0.1) is 0 Å². The monoisotopic (exact) mass is 260 g/mol. The van der Waals surface area contributed by atoms with Crippen LogP contribution in [0.1, 0.15) is 44.9 Å². The Balaban J connectivity index is 1.80. The summed E-state index contributed by atoms with van der Waals surface area (Å²) in [6, 6.07) is 0.579. The second-order valence-corrected chi connectivity index (χ2v) is 6.09. The third-order valence-electron chi connectivity index (χ3n) is 4.46. The van der Waals surface area contributed by atoms with Crippen LogP contribution in [0.2, 0.25) is 0 Å². The van der Waals surface area contributed by atoms with Crippen LogP contribution in [-0.2, 0) is 0 Å². The number of halogens is 2. The van der Waals surface area contributed by atoms with E-state index in [4.69, 9.17) is 0 Å². The highest BCUT2D eigenvalue weighted by atomic mass is 19.3. The zero-order valence-electron chi connectivity index (χ0n) is 11.4. The molecule has 1 heterocycles. The van der Waals surface area contributed by atoms with Gasteiger partial charge in [-0.15, -0.1) is 0 Å². The Morgan fingerprint density at radius 1 is 1.17 bits per heavy atom. The van der Waals surface area contributed by atoms with Crippen molar-refractivity contribution in [1.82, 2.24) is 10.2 Å². The Kier molecular flexibility index (Phi) is 4.96. The van der Waals surface area contributed by atoms with Crippen molar-refractivity contribution in [3.63, 3.8) is 0 Å². The molecule has 1 N–H and O–H groups in total. The molecule has 0 radical (unpaired) electrons. The number of alkyl halides is 2. The number of nitrogens with zero attached hydrogens (tertiary/aromatic N) is 1.